The molecule has 0 aliphatic heterocycles. The molecule has 0 spiro atoms. The molecule has 1 atom stereocenters. The van der Waals surface area contributed by atoms with Crippen molar-refractivity contribution >= 4 is 22.0 Å². The first kappa shape index (κ1) is 16.1. The van der Waals surface area contributed by atoms with Crippen molar-refractivity contribution in [2.24, 2.45) is 7.05 Å². The van der Waals surface area contributed by atoms with Gasteiger partial charge in [0.25, 0.3) is 0 Å². The highest BCUT2D eigenvalue weighted by Crippen LogP contribution is 2.14. The van der Waals surface area contributed by atoms with Crippen molar-refractivity contribution in [2.75, 3.05) is 13.7 Å². The van der Waals surface area contributed by atoms with Crippen LogP contribution >= 0.6 is 0 Å². The summed E-state index contributed by atoms with van der Waals surface area (Å²) in [5.41, 5.74) is -0.232. The Bertz CT molecular complexity index is 620. The van der Waals surface area contributed by atoms with Crippen molar-refractivity contribution < 1.29 is 33.0 Å². The average molecular weight is 306 g/mol. The second kappa shape index (κ2) is 6.03. The number of carbonyl (C=O) groups excluding carboxylic acids is 1. The van der Waals surface area contributed by atoms with E-state index in [0.29, 0.717) is 0 Å². The molecule has 1 unspecified atom stereocenters. The lowest BCUT2D eigenvalue weighted by atomic mass is 10.3. The number of ether oxygens (including phenoxy) is 1. The van der Waals surface area contributed by atoms with Gasteiger partial charge in [-0.05, 0) is 6.07 Å². The molecule has 3 N–H and O–H groups in total. The van der Waals surface area contributed by atoms with E-state index in [1.165, 1.54) is 7.05 Å². The Balaban J connectivity index is 3.08. The highest BCUT2D eigenvalue weighted by Gasteiger charge is 2.27. The summed E-state index contributed by atoms with van der Waals surface area (Å²) < 4.78 is 31.3. The van der Waals surface area contributed by atoms with Crippen molar-refractivity contribution in [1.82, 2.24) is 9.29 Å². The summed E-state index contributed by atoms with van der Waals surface area (Å²) in [6.07, 6.45) is 1.08. The van der Waals surface area contributed by atoms with E-state index in [4.69, 9.17) is 10.2 Å². The first-order valence-electron chi connectivity index (χ1n) is 5.33. The summed E-state index contributed by atoms with van der Waals surface area (Å²) in [6, 6.07) is -0.519. The summed E-state index contributed by atoms with van der Waals surface area (Å²) in [6.45, 7) is -0.787. The lowest BCUT2D eigenvalue weighted by Gasteiger charge is -2.13. The Morgan fingerprint density at radius 2 is 2.10 bits per heavy atom. The van der Waals surface area contributed by atoms with Gasteiger partial charge in [0.1, 0.15) is 16.6 Å². The minimum atomic E-state index is -4.16. The van der Waals surface area contributed by atoms with Crippen LogP contribution in [0.15, 0.2) is 17.2 Å². The van der Waals surface area contributed by atoms with Crippen LogP contribution in [0.2, 0.25) is 0 Å². The van der Waals surface area contributed by atoms with Gasteiger partial charge in [-0.2, -0.15) is 4.72 Å². The van der Waals surface area contributed by atoms with Gasteiger partial charge in [0.05, 0.1) is 13.7 Å². The fraction of sp³-hybridized carbons (Fsp3) is 0.400. The molecule has 0 amide bonds. The number of rotatable bonds is 6. The van der Waals surface area contributed by atoms with Crippen LogP contribution in [0.4, 0.5) is 0 Å². The lowest BCUT2D eigenvalue weighted by Crippen LogP contribution is -2.43. The Kier molecular flexibility index (Phi) is 4.87. The van der Waals surface area contributed by atoms with Gasteiger partial charge in [-0.1, -0.05) is 0 Å². The fourth-order valence-electron chi connectivity index (χ4n) is 1.45. The highest BCUT2D eigenvalue weighted by atomic mass is 32.2. The molecule has 0 saturated heterocycles. The van der Waals surface area contributed by atoms with Gasteiger partial charge in [-0.25, -0.2) is 13.2 Å². The number of aliphatic hydroxyl groups excluding tert-OH is 1. The van der Waals surface area contributed by atoms with E-state index >= 15 is 0 Å². The van der Waals surface area contributed by atoms with Gasteiger partial charge in [-0.3, -0.25) is 4.79 Å². The number of aryl methyl sites for hydroxylation is 1. The van der Waals surface area contributed by atoms with Gasteiger partial charge in [0.2, 0.25) is 10.0 Å². The molecule has 1 aromatic rings. The fourth-order valence-corrected chi connectivity index (χ4v) is 2.70. The van der Waals surface area contributed by atoms with Crippen molar-refractivity contribution in [2.45, 2.75) is 10.9 Å². The van der Waals surface area contributed by atoms with E-state index < -0.39 is 34.6 Å². The molecule has 0 fully saturated rings. The zero-order chi connectivity index (χ0) is 15.5. The van der Waals surface area contributed by atoms with Gasteiger partial charge in [0, 0.05) is 13.2 Å². The number of esters is 1. The molecule has 0 aromatic carbocycles. The third-order valence-electron chi connectivity index (χ3n) is 2.47. The second-order valence-corrected chi connectivity index (χ2v) is 5.57. The number of carboxylic acids is 1. The van der Waals surface area contributed by atoms with Crippen molar-refractivity contribution in [3.05, 3.63) is 18.0 Å². The van der Waals surface area contributed by atoms with Gasteiger partial charge in [0.15, 0.2) is 0 Å². The van der Waals surface area contributed by atoms with Crippen LogP contribution in [0.5, 0.6) is 0 Å². The molecule has 1 heterocycles. The number of sulfonamides is 1. The number of nitrogens with one attached hydrogen (secondary N) is 1. The maximum absolute atomic E-state index is 12.0. The van der Waals surface area contributed by atoms with E-state index in [9.17, 15) is 18.0 Å². The monoisotopic (exact) mass is 306 g/mol. The number of aliphatic hydroxyl groups is 1. The van der Waals surface area contributed by atoms with E-state index in [2.05, 4.69) is 4.74 Å². The van der Waals surface area contributed by atoms with Crippen LogP contribution in [-0.2, 0) is 26.6 Å². The summed E-state index contributed by atoms with van der Waals surface area (Å²) in [5, 5.41) is 17.8. The second-order valence-electron chi connectivity index (χ2n) is 3.86. The molecule has 9 nitrogen and oxygen atoms in total. The third kappa shape index (κ3) is 3.35. The predicted octanol–water partition coefficient (Wildman–Crippen LogP) is -1.46. The number of hydrogen-bond acceptors (Lipinski definition) is 6. The number of aromatic nitrogens is 1. The summed E-state index contributed by atoms with van der Waals surface area (Å²) in [5.74, 6) is -2.24. The van der Waals surface area contributed by atoms with E-state index in [-0.39, 0.29) is 10.6 Å². The number of carbonyl (C=O) groups is 2. The molecule has 0 bridgehead atoms. The first-order chi connectivity index (χ1) is 9.22. The SMILES string of the molecule is COC(=O)C(CO)NS(=O)(=O)c1cc(C(=O)O)n(C)c1. The molecule has 0 aliphatic rings. The molecular weight excluding hydrogens is 292 g/mol. The van der Waals surface area contributed by atoms with Crippen LogP contribution in [-0.4, -0.2) is 54.9 Å². The topological polar surface area (TPSA) is 135 Å². The molecule has 1 rings (SSSR count). The zero-order valence-corrected chi connectivity index (χ0v) is 11.5. The Morgan fingerprint density at radius 3 is 2.50 bits per heavy atom. The highest BCUT2D eigenvalue weighted by molar-refractivity contribution is 7.89. The number of carboxylic acid groups (broad SMARTS) is 1. The first-order valence-corrected chi connectivity index (χ1v) is 6.82. The molecule has 112 valence electrons. The zero-order valence-electron chi connectivity index (χ0n) is 10.7. The quantitative estimate of drug-likeness (QED) is 0.546. The van der Waals surface area contributed by atoms with E-state index in [1.54, 1.807) is 0 Å². The molecule has 20 heavy (non-hydrogen) atoms. The molecule has 1 aromatic heterocycles. The standard InChI is InChI=1S/C10H14N2O7S/c1-12-4-6(3-8(12)9(14)15)20(17,18)11-7(5-13)10(16)19-2/h3-4,7,11,13H,5H2,1-2H3,(H,14,15). The Labute approximate surface area is 114 Å². The third-order valence-corrected chi connectivity index (χ3v) is 3.91. The minimum absolute atomic E-state index is 0.232. The van der Waals surface area contributed by atoms with Crippen LogP contribution in [0, 0.1) is 0 Å². The van der Waals surface area contributed by atoms with Crippen molar-refractivity contribution in [3.8, 4) is 0 Å². The summed E-state index contributed by atoms with van der Waals surface area (Å²) in [4.78, 5) is 21.7. The maximum Gasteiger partial charge on any atom is 0.352 e. The molecule has 0 radical (unpaired) electrons. The predicted molar refractivity (Wildman–Crippen MR) is 65.6 cm³/mol. The Morgan fingerprint density at radius 1 is 1.50 bits per heavy atom. The number of aromatic carboxylic acids is 1. The molecule has 0 saturated carbocycles. The number of methoxy groups -OCH3 is 1. The molecule has 0 aliphatic carbocycles. The van der Waals surface area contributed by atoms with Gasteiger partial charge in [-0.15, -0.1) is 0 Å². The van der Waals surface area contributed by atoms with E-state index in [0.717, 1.165) is 23.9 Å². The number of hydrogen-bond donors (Lipinski definition) is 3. The summed E-state index contributed by atoms with van der Waals surface area (Å²) >= 11 is 0. The maximum atomic E-state index is 12.0. The van der Waals surface area contributed by atoms with Crippen LogP contribution in [0.25, 0.3) is 0 Å². The van der Waals surface area contributed by atoms with Gasteiger partial charge >= 0.3 is 11.9 Å². The van der Waals surface area contributed by atoms with Crippen molar-refractivity contribution in [3.63, 3.8) is 0 Å². The van der Waals surface area contributed by atoms with Gasteiger partial charge < -0.3 is 19.5 Å². The van der Waals surface area contributed by atoms with E-state index in [1.807, 2.05) is 4.72 Å². The minimum Gasteiger partial charge on any atom is -0.477 e. The van der Waals surface area contributed by atoms with Crippen molar-refractivity contribution in [1.29, 1.82) is 0 Å². The average Bonchev–Trinajstić information content (AvgIpc) is 2.78. The Hall–Kier alpha value is -1.91. The van der Waals surface area contributed by atoms with Crippen LogP contribution in [0.1, 0.15) is 10.5 Å². The number of nitrogens with zero attached hydrogens (tertiary/aromatic N) is 1. The lowest BCUT2D eigenvalue weighted by molar-refractivity contribution is -0.143. The van der Waals surface area contributed by atoms with Crippen LogP contribution in [0.3, 0.4) is 0 Å². The van der Waals surface area contributed by atoms with Crippen LogP contribution < -0.4 is 4.72 Å². The smallest absolute Gasteiger partial charge is 0.352 e. The normalized spacial score (nSPS) is 12.9. The molecule has 10 heteroatoms. The molecular formula is C10H14N2O7S. The largest absolute Gasteiger partial charge is 0.477 e. The summed E-state index contributed by atoms with van der Waals surface area (Å²) in [7, 11) is -1.74.